The highest BCUT2D eigenvalue weighted by molar-refractivity contribution is 5.80. The lowest BCUT2D eigenvalue weighted by atomic mass is 10.0. The van der Waals surface area contributed by atoms with Crippen molar-refractivity contribution in [3.05, 3.63) is 0 Å². The predicted molar refractivity (Wildman–Crippen MR) is 110 cm³/mol. The Bertz CT molecular complexity index is 312. The molecule has 0 saturated heterocycles. The van der Waals surface area contributed by atoms with Gasteiger partial charge in [-0.3, -0.25) is 9.59 Å². The number of hydrogen-bond acceptors (Lipinski definition) is 4. The first-order valence-electron chi connectivity index (χ1n) is 10.3. The minimum Gasteiger partial charge on any atom is -0.381 e. The monoisotopic (exact) mass is 372 g/mol. The second-order valence-corrected chi connectivity index (χ2v) is 8.19. The summed E-state index contributed by atoms with van der Waals surface area (Å²) in [6.45, 7) is 18.4. The molecule has 0 bridgehead atoms. The average molecular weight is 373 g/mol. The van der Waals surface area contributed by atoms with Gasteiger partial charge < -0.3 is 9.47 Å². The van der Waals surface area contributed by atoms with Crippen LogP contribution in [-0.2, 0) is 19.1 Å². The number of carbonyl (C=O) groups excluding carboxylic acids is 2. The van der Waals surface area contributed by atoms with E-state index in [1.54, 1.807) is 0 Å². The predicted octanol–water partition coefficient (Wildman–Crippen LogP) is 5.47. The number of Topliss-reactive ketones (excluding diaryl/α,β-unsaturated/α-hetero) is 2. The maximum Gasteiger partial charge on any atom is 0.135 e. The number of unbranched alkanes of at least 4 members (excludes halogenated alkanes) is 1. The summed E-state index contributed by atoms with van der Waals surface area (Å²) in [5.41, 5.74) is 0. The molecular weight excluding hydrogens is 328 g/mol. The molecule has 0 aliphatic heterocycles. The summed E-state index contributed by atoms with van der Waals surface area (Å²) in [5.74, 6) is 1.65. The number of carbonyl (C=O) groups is 2. The molecule has 0 aromatic carbocycles. The van der Waals surface area contributed by atoms with E-state index in [4.69, 9.17) is 9.47 Å². The van der Waals surface area contributed by atoms with Crippen LogP contribution in [0.3, 0.4) is 0 Å². The van der Waals surface area contributed by atoms with Gasteiger partial charge in [0.1, 0.15) is 11.6 Å². The van der Waals surface area contributed by atoms with E-state index in [-0.39, 0.29) is 11.8 Å². The summed E-state index contributed by atoms with van der Waals surface area (Å²) in [6.07, 6.45) is 4.50. The van der Waals surface area contributed by atoms with Crippen molar-refractivity contribution in [2.45, 2.75) is 93.6 Å². The van der Waals surface area contributed by atoms with Gasteiger partial charge in [0.15, 0.2) is 0 Å². The Kier molecular flexibility index (Phi) is 18.7. The molecule has 0 rings (SSSR count). The van der Waals surface area contributed by atoms with Crippen LogP contribution < -0.4 is 0 Å². The summed E-state index contributed by atoms with van der Waals surface area (Å²) < 4.78 is 10.7. The zero-order valence-electron chi connectivity index (χ0n) is 18.6. The number of hydrogen-bond donors (Lipinski definition) is 0. The van der Waals surface area contributed by atoms with Crippen LogP contribution in [0.2, 0.25) is 0 Å². The lowest BCUT2D eigenvalue weighted by molar-refractivity contribution is -0.122. The Hall–Kier alpha value is -0.740. The molecule has 0 aromatic rings. The van der Waals surface area contributed by atoms with Gasteiger partial charge in [-0.25, -0.2) is 0 Å². The zero-order valence-corrected chi connectivity index (χ0v) is 18.6. The molecular formula is C22H44O4. The van der Waals surface area contributed by atoms with Crippen LogP contribution in [-0.4, -0.2) is 37.5 Å². The van der Waals surface area contributed by atoms with Crippen molar-refractivity contribution in [3.63, 3.8) is 0 Å². The lowest BCUT2D eigenvalue weighted by Crippen LogP contribution is -2.09. The topological polar surface area (TPSA) is 52.6 Å². The van der Waals surface area contributed by atoms with Gasteiger partial charge in [-0.05, 0) is 39.0 Å². The smallest absolute Gasteiger partial charge is 0.135 e. The van der Waals surface area contributed by atoms with Crippen LogP contribution in [0.25, 0.3) is 0 Å². The molecule has 0 radical (unpaired) electrons. The molecule has 0 atom stereocenters. The normalized spacial score (nSPS) is 11.2. The largest absolute Gasteiger partial charge is 0.381 e. The Balaban J connectivity index is 0. The molecule has 0 spiro atoms. The third-order valence-electron chi connectivity index (χ3n) is 3.72. The third-order valence-corrected chi connectivity index (χ3v) is 3.72. The standard InChI is InChI=1S/2C11H22O2/c1-9(2)8-13-7-5-6-11(12)10(3)4;1-9(2)11(12)7-5-6-8-13-10(3)4/h2*9-10H,5-8H2,1-4H3. The Morgan fingerprint density at radius 2 is 1.19 bits per heavy atom. The van der Waals surface area contributed by atoms with Gasteiger partial charge in [0.25, 0.3) is 0 Å². The minimum atomic E-state index is 0.171. The highest BCUT2D eigenvalue weighted by Crippen LogP contribution is 2.05. The highest BCUT2D eigenvalue weighted by Gasteiger charge is 2.06. The van der Waals surface area contributed by atoms with Crippen LogP contribution in [0.4, 0.5) is 0 Å². The van der Waals surface area contributed by atoms with E-state index in [1.165, 1.54) is 0 Å². The van der Waals surface area contributed by atoms with E-state index >= 15 is 0 Å². The van der Waals surface area contributed by atoms with Crippen LogP contribution in [0, 0.1) is 17.8 Å². The summed E-state index contributed by atoms with van der Waals surface area (Å²) in [5, 5.41) is 0. The van der Waals surface area contributed by atoms with Crippen molar-refractivity contribution in [2.24, 2.45) is 17.8 Å². The highest BCUT2D eigenvalue weighted by atomic mass is 16.5. The van der Waals surface area contributed by atoms with Gasteiger partial charge >= 0.3 is 0 Å². The summed E-state index contributed by atoms with van der Waals surface area (Å²) in [4.78, 5) is 22.4. The van der Waals surface area contributed by atoms with Crippen LogP contribution in [0.15, 0.2) is 0 Å². The maximum atomic E-state index is 11.2. The van der Waals surface area contributed by atoms with E-state index in [2.05, 4.69) is 13.8 Å². The van der Waals surface area contributed by atoms with Crippen LogP contribution in [0.1, 0.15) is 87.5 Å². The Morgan fingerprint density at radius 1 is 0.692 bits per heavy atom. The molecule has 0 aromatic heterocycles. The first-order valence-corrected chi connectivity index (χ1v) is 10.3. The van der Waals surface area contributed by atoms with E-state index in [0.717, 1.165) is 39.1 Å². The van der Waals surface area contributed by atoms with E-state index in [9.17, 15) is 9.59 Å². The van der Waals surface area contributed by atoms with Gasteiger partial charge in [0, 0.05) is 44.5 Å². The Morgan fingerprint density at radius 3 is 1.62 bits per heavy atom. The first kappa shape index (κ1) is 27.5. The van der Waals surface area contributed by atoms with Crippen molar-refractivity contribution in [1.82, 2.24) is 0 Å². The van der Waals surface area contributed by atoms with Crippen molar-refractivity contribution in [2.75, 3.05) is 19.8 Å². The number of ether oxygens (including phenoxy) is 2. The van der Waals surface area contributed by atoms with Crippen molar-refractivity contribution < 1.29 is 19.1 Å². The summed E-state index contributed by atoms with van der Waals surface area (Å²) in [7, 11) is 0. The molecule has 4 nitrogen and oxygen atoms in total. The minimum absolute atomic E-state index is 0.171. The second-order valence-electron chi connectivity index (χ2n) is 8.19. The molecule has 0 amide bonds. The SMILES string of the molecule is CC(C)COCCCC(=O)C(C)C.CC(C)OCCCCC(=O)C(C)C. The molecule has 26 heavy (non-hydrogen) atoms. The van der Waals surface area contributed by atoms with E-state index in [1.807, 2.05) is 41.5 Å². The summed E-state index contributed by atoms with van der Waals surface area (Å²) in [6, 6.07) is 0. The van der Waals surface area contributed by atoms with Crippen molar-refractivity contribution >= 4 is 11.6 Å². The fourth-order valence-corrected chi connectivity index (χ4v) is 1.97. The fourth-order valence-electron chi connectivity index (χ4n) is 1.97. The van der Waals surface area contributed by atoms with Crippen molar-refractivity contribution in [3.8, 4) is 0 Å². The first-order chi connectivity index (χ1) is 12.1. The molecule has 156 valence electrons. The molecule has 0 N–H and O–H groups in total. The van der Waals surface area contributed by atoms with E-state index < -0.39 is 0 Å². The molecule has 0 unspecified atom stereocenters. The number of ketones is 2. The quantitative estimate of drug-likeness (QED) is 0.379. The average Bonchev–Trinajstić information content (AvgIpc) is 2.53. The van der Waals surface area contributed by atoms with Gasteiger partial charge in [-0.1, -0.05) is 41.5 Å². The van der Waals surface area contributed by atoms with Gasteiger partial charge in [-0.15, -0.1) is 0 Å². The van der Waals surface area contributed by atoms with E-state index in [0.29, 0.717) is 36.4 Å². The number of rotatable bonds is 14. The fraction of sp³-hybridized carbons (Fsp3) is 0.909. The van der Waals surface area contributed by atoms with Gasteiger partial charge in [0.2, 0.25) is 0 Å². The lowest BCUT2D eigenvalue weighted by Gasteiger charge is -2.07. The maximum absolute atomic E-state index is 11.2. The summed E-state index contributed by atoms with van der Waals surface area (Å²) >= 11 is 0. The third kappa shape index (κ3) is 21.3. The molecule has 0 aliphatic carbocycles. The molecule has 0 saturated carbocycles. The van der Waals surface area contributed by atoms with Crippen LogP contribution in [0.5, 0.6) is 0 Å². The molecule has 0 fully saturated rings. The van der Waals surface area contributed by atoms with Crippen LogP contribution >= 0.6 is 0 Å². The van der Waals surface area contributed by atoms with Gasteiger partial charge in [0.05, 0.1) is 6.10 Å². The van der Waals surface area contributed by atoms with Crippen molar-refractivity contribution in [1.29, 1.82) is 0 Å². The Labute approximate surface area is 162 Å². The molecule has 0 heterocycles. The second kappa shape index (κ2) is 17.7. The van der Waals surface area contributed by atoms with Gasteiger partial charge in [-0.2, -0.15) is 0 Å². The molecule has 0 aliphatic rings. The molecule has 4 heteroatoms. The zero-order chi connectivity index (χ0) is 20.5.